The maximum absolute atomic E-state index is 12.2. The number of rotatable bonds is 8. The molecule has 4 heterocycles. The fourth-order valence-electron chi connectivity index (χ4n) is 5.35. The zero-order valence-corrected chi connectivity index (χ0v) is 23.6. The quantitative estimate of drug-likeness (QED) is 0.115. The molecule has 4 aliphatic rings. The van der Waals surface area contributed by atoms with E-state index < -0.39 is 135 Å². The molecular formula is C24H38O21. The fraction of sp³-hybridized carbons (Fsp3) is 0.917. The highest BCUT2D eigenvalue weighted by Gasteiger charge is 2.56. The Labute approximate surface area is 253 Å². The molecule has 21 nitrogen and oxygen atoms in total. The number of hydrogen-bond acceptors (Lipinski definition) is 19. The van der Waals surface area contributed by atoms with E-state index in [1.807, 2.05) is 0 Å². The summed E-state index contributed by atoms with van der Waals surface area (Å²) < 4.78 is 37.2. The molecule has 260 valence electrons. The molecule has 4 rings (SSSR count). The molecule has 0 spiro atoms. The summed E-state index contributed by atoms with van der Waals surface area (Å²) in [6, 6.07) is 0. The Morgan fingerprint density at radius 1 is 0.444 bits per heavy atom. The minimum atomic E-state index is -2.21. The molecule has 0 aromatic heterocycles. The maximum atomic E-state index is 12.2. The van der Waals surface area contributed by atoms with Gasteiger partial charge in [0.1, 0.15) is 73.2 Å². The summed E-state index contributed by atoms with van der Waals surface area (Å²) in [5, 5.41) is 123. The molecule has 0 bridgehead atoms. The zero-order valence-electron chi connectivity index (χ0n) is 23.6. The molecule has 4 unspecified atom stereocenters. The van der Waals surface area contributed by atoms with Crippen LogP contribution in [-0.2, 0) is 42.7 Å². The molecule has 4 aliphatic heterocycles. The molecular weight excluding hydrogens is 624 g/mol. The minimum Gasteiger partial charge on any atom is -0.479 e. The normalized spacial score (nSPS) is 52.7. The van der Waals surface area contributed by atoms with Crippen LogP contribution < -0.4 is 0 Å². The second-order valence-electron chi connectivity index (χ2n) is 11.2. The summed E-state index contributed by atoms with van der Waals surface area (Å²) in [7, 11) is 0. The van der Waals surface area contributed by atoms with E-state index >= 15 is 0 Å². The van der Waals surface area contributed by atoms with Crippen LogP contribution in [0.4, 0.5) is 0 Å². The minimum absolute atomic E-state index is 1.03. The van der Waals surface area contributed by atoms with Crippen molar-refractivity contribution in [3.05, 3.63) is 0 Å². The van der Waals surface area contributed by atoms with Gasteiger partial charge in [0.2, 0.25) is 0 Å². The number of carboxylic acids is 2. The first kappa shape index (κ1) is 36.1. The molecule has 12 N–H and O–H groups in total. The molecule has 0 radical (unpaired) electrons. The van der Waals surface area contributed by atoms with Crippen molar-refractivity contribution in [1.82, 2.24) is 0 Å². The van der Waals surface area contributed by atoms with Crippen molar-refractivity contribution in [1.29, 1.82) is 0 Å². The predicted molar refractivity (Wildman–Crippen MR) is 132 cm³/mol. The second-order valence-corrected chi connectivity index (χ2v) is 11.2. The van der Waals surface area contributed by atoms with Gasteiger partial charge in [0.05, 0.1) is 12.2 Å². The van der Waals surface area contributed by atoms with Crippen LogP contribution in [0.5, 0.6) is 0 Å². The third kappa shape index (κ3) is 7.09. The van der Waals surface area contributed by atoms with E-state index in [-0.39, 0.29) is 0 Å². The average Bonchev–Trinajstić information content (AvgIpc) is 2.97. The Kier molecular flexibility index (Phi) is 11.4. The van der Waals surface area contributed by atoms with Gasteiger partial charge in [0.25, 0.3) is 0 Å². The summed E-state index contributed by atoms with van der Waals surface area (Å²) >= 11 is 0. The molecule has 0 aromatic carbocycles. The smallest absolute Gasteiger partial charge is 0.335 e. The number of aliphatic hydroxyl groups excluding tert-OH is 10. The van der Waals surface area contributed by atoms with Gasteiger partial charge in [0, 0.05) is 0 Å². The summed E-state index contributed by atoms with van der Waals surface area (Å²) in [5.41, 5.74) is 0. The topological polar surface area (TPSA) is 342 Å². The number of aliphatic carboxylic acids is 2. The highest BCUT2D eigenvalue weighted by atomic mass is 16.8. The van der Waals surface area contributed by atoms with E-state index in [1.165, 1.54) is 13.8 Å². The summed E-state index contributed by atoms with van der Waals surface area (Å²) in [4.78, 5) is 23.6. The molecule has 4 saturated heterocycles. The highest BCUT2D eigenvalue weighted by Crippen LogP contribution is 2.34. The van der Waals surface area contributed by atoms with Crippen LogP contribution in [0.3, 0.4) is 0 Å². The van der Waals surface area contributed by atoms with Crippen molar-refractivity contribution in [3.63, 3.8) is 0 Å². The van der Waals surface area contributed by atoms with Crippen LogP contribution in [0, 0.1) is 0 Å². The first-order valence-corrected chi connectivity index (χ1v) is 13.8. The molecule has 4 fully saturated rings. The van der Waals surface area contributed by atoms with Gasteiger partial charge >= 0.3 is 11.9 Å². The van der Waals surface area contributed by atoms with E-state index in [0.717, 1.165) is 0 Å². The Bertz CT molecular complexity index is 1030. The summed E-state index contributed by atoms with van der Waals surface area (Å²) in [6.45, 7) is 2.59. The second kappa shape index (κ2) is 14.2. The fourth-order valence-corrected chi connectivity index (χ4v) is 5.35. The van der Waals surface area contributed by atoms with Gasteiger partial charge in [-0.3, -0.25) is 0 Å². The van der Waals surface area contributed by atoms with Crippen LogP contribution in [0.25, 0.3) is 0 Å². The molecule has 0 saturated carbocycles. The lowest BCUT2D eigenvalue weighted by atomic mass is 9.96. The van der Waals surface area contributed by atoms with Gasteiger partial charge < -0.3 is 94.4 Å². The molecule has 21 heteroatoms. The van der Waals surface area contributed by atoms with Gasteiger partial charge in [0.15, 0.2) is 37.4 Å². The zero-order chi connectivity index (χ0) is 33.7. The Morgan fingerprint density at radius 2 is 0.867 bits per heavy atom. The number of hydrogen-bond donors (Lipinski definition) is 12. The van der Waals surface area contributed by atoms with E-state index in [1.54, 1.807) is 0 Å². The molecule has 45 heavy (non-hydrogen) atoms. The van der Waals surface area contributed by atoms with Crippen LogP contribution in [-0.4, -0.2) is 196 Å². The van der Waals surface area contributed by atoms with Crippen molar-refractivity contribution < 1.29 is 104 Å². The van der Waals surface area contributed by atoms with Crippen LogP contribution in [0.2, 0.25) is 0 Å². The van der Waals surface area contributed by atoms with Crippen LogP contribution in [0.15, 0.2) is 0 Å². The number of carbonyl (C=O) groups is 2. The highest BCUT2D eigenvalue weighted by molar-refractivity contribution is 5.74. The third-order valence-electron chi connectivity index (χ3n) is 8.06. The lowest BCUT2D eigenvalue weighted by Gasteiger charge is -2.48. The van der Waals surface area contributed by atoms with Crippen molar-refractivity contribution in [2.75, 3.05) is 0 Å². The Morgan fingerprint density at radius 3 is 1.42 bits per heavy atom. The SMILES string of the molecule is C[C@@H]1OC(O)[C@H](OC2O[C@H](C(=O)O)[C@H](OC3O[C@@H](C)[C@H](O)[C@@H](O)[C@H]3OC3O[C@H](C(=O)O)[C@H](O)[C@H](O)[C@H]3O)[C@H](O)[C@H]2O)[C@H](O)[C@H]1O. The van der Waals surface area contributed by atoms with E-state index in [0.29, 0.717) is 0 Å². The summed E-state index contributed by atoms with van der Waals surface area (Å²) in [5.74, 6) is -3.56. The van der Waals surface area contributed by atoms with E-state index in [4.69, 9.17) is 33.2 Å². The van der Waals surface area contributed by atoms with Gasteiger partial charge in [-0.05, 0) is 13.8 Å². The third-order valence-corrected chi connectivity index (χ3v) is 8.06. The first-order valence-electron chi connectivity index (χ1n) is 13.8. The number of carboxylic acid groups (broad SMARTS) is 2. The van der Waals surface area contributed by atoms with E-state index in [9.17, 15) is 70.9 Å². The maximum Gasteiger partial charge on any atom is 0.335 e. The standard InChI is InChI=1S/C24H38O21/c1-3-5(25)8(28)16(21(38)39-3)43-23-13(33)11(31)14(18(45-23)20(36)37)41-24-17(9(29)6(26)4(2)40-24)44-22-12(32)7(27)10(30)15(42-22)19(34)35/h3-18,21-33,38H,1-2H3,(H,34,35)(H,36,37)/t3-,4-,5-,6-,7-,8+,9+,10+,11+,12+,13+,14+,15-,16+,17+,18-,21?,22?,23?,24?/m0/s1. The molecule has 0 aliphatic carbocycles. The monoisotopic (exact) mass is 662 g/mol. The molecule has 0 aromatic rings. The summed E-state index contributed by atoms with van der Waals surface area (Å²) in [6.07, 6.45) is -38.2. The van der Waals surface area contributed by atoms with Gasteiger partial charge in [-0.1, -0.05) is 0 Å². The van der Waals surface area contributed by atoms with Crippen molar-refractivity contribution in [2.24, 2.45) is 0 Å². The van der Waals surface area contributed by atoms with Gasteiger partial charge in [-0.25, -0.2) is 9.59 Å². The van der Waals surface area contributed by atoms with Crippen LogP contribution in [0.1, 0.15) is 13.8 Å². The van der Waals surface area contributed by atoms with E-state index in [2.05, 4.69) is 0 Å². The largest absolute Gasteiger partial charge is 0.479 e. The van der Waals surface area contributed by atoms with Gasteiger partial charge in [-0.15, -0.1) is 0 Å². The molecule has 20 atom stereocenters. The molecule has 0 amide bonds. The number of aliphatic hydroxyl groups is 10. The predicted octanol–water partition coefficient (Wildman–Crippen LogP) is -7.51. The van der Waals surface area contributed by atoms with Crippen molar-refractivity contribution in [3.8, 4) is 0 Å². The van der Waals surface area contributed by atoms with Crippen molar-refractivity contribution in [2.45, 2.75) is 137 Å². The lowest BCUT2D eigenvalue weighted by molar-refractivity contribution is -0.389. The lowest BCUT2D eigenvalue weighted by Crippen LogP contribution is -2.67. The van der Waals surface area contributed by atoms with Crippen LogP contribution >= 0.6 is 0 Å². The average molecular weight is 663 g/mol. The Balaban J connectivity index is 1.55. The number of ether oxygens (including phenoxy) is 7. The first-order chi connectivity index (χ1) is 21.0. The van der Waals surface area contributed by atoms with Crippen molar-refractivity contribution >= 4 is 11.9 Å². The Hall–Kier alpha value is -1.74. The van der Waals surface area contributed by atoms with Gasteiger partial charge in [-0.2, -0.15) is 0 Å².